The minimum absolute atomic E-state index is 0.509. The van der Waals surface area contributed by atoms with Crippen LogP contribution in [-0.4, -0.2) is 84.8 Å². The molecule has 2 aliphatic rings. The summed E-state index contributed by atoms with van der Waals surface area (Å²) in [5, 5.41) is 16.8. The van der Waals surface area contributed by atoms with Crippen LogP contribution in [0.25, 0.3) is 0 Å². The molecule has 2 fully saturated rings. The molecule has 2 heterocycles. The molecule has 0 aromatic carbocycles. The van der Waals surface area contributed by atoms with Crippen LogP contribution in [0.2, 0.25) is 0 Å². The highest BCUT2D eigenvalue weighted by Gasteiger charge is 2.14. The lowest BCUT2D eigenvalue weighted by Crippen LogP contribution is -2.39. The lowest BCUT2D eigenvalue weighted by Gasteiger charge is -2.23. The predicted molar refractivity (Wildman–Crippen MR) is 60.8 cm³/mol. The van der Waals surface area contributed by atoms with Crippen LogP contribution in [0.3, 0.4) is 0 Å². The molecule has 104 valence electrons. The number of amides is 2. The molecule has 0 aromatic rings. The first-order chi connectivity index (χ1) is 8.61. The van der Waals surface area contributed by atoms with Crippen molar-refractivity contribution in [1.29, 1.82) is 0 Å². The first-order valence-corrected chi connectivity index (χ1v) is 5.72. The van der Waals surface area contributed by atoms with E-state index in [1.165, 1.54) is 9.80 Å². The maximum atomic E-state index is 10.2. The minimum atomic E-state index is -0.849. The van der Waals surface area contributed by atoms with E-state index < -0.39 is 12.2 Å². The van der Waals surface area contributed by atoms with E-state index in [-0.39, 0.29) is 0 Å². The third-order valence-corrected chi connectivity index (χ3v) is 2.56. The molecule has 0 aromatic heterocycles. The Morgan fingerprint density at radius 1 is 0.722 bits per heavy atom. The lowest BCUT2D eigenvalue weighted by atomic mass is 10.5. The van der Waals surface area contributed by atoms with Gasteiger partial charge in [0.05, 0.1) is 26.4 Å². The van der Waals surface area contributed by atoms with Crippen molar-refractivity contribution in [1.82, 2.24) is 9.80 Å². The number of ether oxygens (including phenoxy) is 2. The Balaban J connectivity index is 0.000000180. The summed E-state index contributed by atoms with van der Waals surface area (Å²) in [7, 11) is 0. The lowest BCUT2D eigenvalue weighted by molar-refractivity contribution is 0.0391. The van der Waals surface area contributed by atoms with Gasteiger partial charge in [-0.1, -0.05) is 0 Å². The summed E-state index contributed by atoms with van der Waals surface area (Å²) < 4.78 is 9.89. The number of morpholine rings is 2. The van der Waals surface area contributed by atoms with Crippen LogP contribution in [0.15, 0.2) is 0 Å². The van der Waals surface area contributed by atoms with Crippen LogP contribution in [-0.2, 0) is 9.47 Å². The smallest absolute Gasteiger partial charge is 0.407 e. The summed E-state index contributed by atoms with van der Waals surface area (Å²) in [4.78, 5) is 23.2. The van der Waals surface area contributed by atoms with Crippen molar-refractivity contribution in [3.63, 3.8) is 0 Å². The maximum Gasteiger partial charge on any atom is 0.407 e. The van der Waals surface area contributed by atoms with E-state index in [0.717, 1.165) is 0 Å². The van der Waals surface area contributed by atoms with Gasteiger partial charge in [-0.15, -0.1) is 0 Å². The standard InChI is InChI=1S/2C5H9NO3/c2*7-5(8)6-1-3-9-4-2-6/h2*1-4H2,(H,7,8). The average molecular weight is 262 g/mol. The molecule has 8 heteroatoms. The van der Waals surface area contributed by atoms with E-state index in [9.17, 15) is 9.59 Å². The molecule has 0 saturated carbocycles. The third-order valence-electron chi connectivity index (χ3n) is 2.56. The third kappa shape index (κ3) is 5.19. The van der Waals surface area contributed by atoms with E-state index in [1.54, 1.807) is 0 Å². The van der Waals surface area contributed by atoms with E-state index in [2.05, 4.69) is 0 Å². The van der Waals surface area contributed by atoms with Gasteiger partial charge in [0.25, 0.3) is 0 Å². The number of carbonyl (C=O) groups is 2. The molecule has 0 aliphatic carbocycles. The van der Waals surface area contributed by atoms with E-state index in [4.69, 9.17) is 19.7 Å². The number of rotatable bonds is 0. The van der Waals surface area contributed by atoms with E-state index in [1.807, 2.05) is 0 Å². The van der Waals surface area contributed by atoms with Crippen molar-refractivity contribution in [2.45, 2.75) is 0 Å². The Morgan fingerprint density at radius 2 is 1.00 bits per heavy atom. The van der Waals surface area contributed by atoms with Gasteiger partial charge in [0.2, 0.25) is 0 Å². The number of hydrogen-bond donors (Lipinski definition) is 2. The van der Waals surface area contributed by atoms with Gasteiger partial charge in [0, 0.05) is 26.2 Å². The van der Waals surface area contributed by atoms with Crippen LogP contribution >= 0.6 is 0 Å². The molecule has 2 saturated heterocycles. The topological polar surface area (TPSA) is 99.5 Å². The molecular formula is C10H18N2O6. The molecule has 2 amide bonds. The second-order valence-corrected chi connectivity index (χ2v) is 3.76. The van der Waals surface area contributed by atoms with Gasteiger partial charge >= 0.3 is 12.2 Å². The Kier molecular flexibility index (Phi) is 6.23. The molecule has 0 bridgehead atoms. The Bertz CT molecular complexity index is 246. The van der Waals surface area contributed by atoms with Gasteiger partial charge in [-0.3, -0.25) is 0 Å². The van der Waals surface area contributed by atoms with Crippen molar-refractivity contribution in [3.05, 3.63) is 0 Å². The zero-order valence-corrected chi connectivity index (χ0v) is 10.1. The molecule has 2 aliphatic heterocycles. The molecule has 0 radical (unpaired) electrons. The molecule has 0 unspecified atom stereocenters. The molecule has 0 spiro atoms. The van der Waals surface area contributed by atoms with Crippen LogP contribution in [0.5, 0.6) is 0 Å². The van der Waals surface area contributed by atoms with Crippen LogP contribution in [0.4, 0.5) is 9.59 Å². The molecule has 8 nitrogen and oxygen atoms in total. The Labute approximate surface area is 105 Å². The van der Waals surface area contributed by atoms with Crippen LogP contribution in [0, 0.1) is 0 Å². The van der Waals surface area contributed by atoms with Gasteiger partial charge in [0.15, 0.2) is 0 Å². The second kappa shape index (κ2) is 7.72. The second-order valence-electron chi connectivity index (χ2n) is 3.76. The summed E-state index contributed by atoms with van der Waals surface area (Å²) in [5.41, 5.74) is 0. The Morgan fingerprint density at radius 3 is 1.17 bits per heavy atom. The number of hydrogen-bond acceptors (Lipinski definition) is 4. The van der Waals surface area contributed by atoms with E-state index >= 15 is 0 Å². The van der Waals surface area contributed by atoms with Gasteiger partial charge < -0.3 is 29.5 Å². The maximum absolute atomic E-state index is 10.2. The SMILES string of the molecule is O=C(O)N1CCOCC1.O=C(O)N1CCOCC1. The first-order valence-electron chi connectivity index (χ1n) is 5.72. The number of nitrogens with zero attached hydrogens (tertiary/aromatic N) is 2. The molecular weight excluding hydrogens is 244 g/mol. The summed E-state index contributed by atoms with van der Waals surface area (Å²) in [6, 6.07) is 0. The van der Waals surface area contributed by atoms with Gasteiger partial charge in [-0.05, 0) is 0 Å². The highest BCUT2D eigenvalue weighted by atomic mass is 16.5. The van der Waals surface area contributed by atoms with Gasteiger partial charge in [-0.25, -0.2) is 9.59 Å². The normalized spacial score (nSPS) is 19.8. The van der Waals surface area contributed by atoms with Crippen molar-refractivity contribution in [2.24, 2.45) is 0 Å². The Hall–Kier alpha value is -1.54. The minimum Gasteiger partial charge on any atom is -0.465 e. The quantitative estimate of drug-likeness (QED) is 0.637. The van der Waals surface area contributed by atoms with Gasteiger partial charge in [-0.2, -0.15) is 0 Å². The zero-order valence-electron chi connectivity index (χ0n) is 10.1. The summed E-state index contributed by atoms with van der Waals surface area (Å²) in [6.07, 6.45) is -1.70. The van der Waals surface area contributed by atoms with Crippen LogP contribution < -0.4 is 0 Å². The van der Waals surface area contributed by atoms with Crippen LogP contribution in [0.1, 0.15) is 0 Å². The molecule has 2 N–H and O–H groups in total. The molecule has 2 rings (SSSR count). The first kappa shape index (κ1) is 14.5. The zero-order chi connectivity index (χ0) is 13.4. The average Bonchev–Trinajstić information content (AvgIpc) is 2.41. The fraction of sp³-hybridized carbons (Fsp3) is 0.800. The predicted octanol–water partition coefficient (Wildman–Crippen LogP) is -0.00680. The van der Waals surface area contributed by atoms with Crippen molar-refractivity contribution in [3.8, 4) is 0 Å². The van der Waals surface area contributed by atoms with Crippen molar-refractivity contribution >= 4 is 12.2 Å². The largest absolute Gasteiger partial charge is 0.465 e. The number of carboxylic acid groups (broad SMARTS) is 2. The highest BCUT2D eigenvalue weighted by Crippen LogP contribution is 1.96. The fourth-order valence-electron chi connectivity index (χ4n) is 1.51. The van der Waals surface area contributed by atoms with Crippen molar-refractivity contribution in [2.75, 3.05) is 52.6 Å². The van der Waals surface area contributed by atoms with Gasteiger partial charge in [0.1, 0.15) is 0 Å². The van der Waals surface area contributed by atoms with Crippen molar-refractivity contribution < 1.29 is 29.3 Å². The summed E-state index contributed by atoms with van der Waals surface area (Å²) >= 11 is 0. The summed E-state index contributed by atoms with van der Waals surface area (Å²) in [5.74, 6) is 0. The summed E-state index contributed by atoms with van der Waals surface area (Å²) in [6.45, 7) is 4.17. The van der Waals surface area contributed by atoms with E-state index in [0.29, 0.717) is 52.6 Å². The fourth-order valence-corrected chi connectivity index (χ4v) is 1.51. The molecule has 0 atom stereocenters. The monoisotopic (exact) mass is 262 g/mol. The highest BCUT2D eigenvalue weighted by molar-refractivity contribution is 5.65. The molecule has 18 heavy (non-hydrogen) atoms.